The number of hydrogen-bond acceptors (Lipinski definition) is 2. The van der Waals surface area contributed by atoms with E-state index in [0.717, 1.165) is 89.8 Å². The largest absolute Gasteiger partial charge is 0.311 e. The quantitative estimate of drug-likeness (QED) is 0.0493. The van der Waals surface area contributed by atoms with Gasteiger partial charge in [-0.1, -0.05) is 364 Å². The van der Waals surface area contributed by atoms with E-state index in [9.17, 15) is 0 Å². The van der Waals surface area contributed by atoms with Gasteiger partial charge in [-0.3, -0.25) is 0 Å². The Bertz CT molecular complexity index is 4810. The van der Waals surface area contributed by atoms with E-state index in [2.05, 4.69) is 448 Å². The van der Waals surface area contributed by atoms with Crippen LogP contribution in [0.15, 0.2) is 370 Å². The zero-order valence-electron chi connectivity index (χ0n) is 54.4. The third kappa shape index (κ3) is 17.2. The minimum absolute atomic E-state index is 1.09. The van der Waals surface area contributed by atoms with Gasteiger partial charge in [-0.2, -0.15) is 0 Å². The van der Waals surface area contributed by atoms with E-state index in [1.165, 1.54) is 39.0 Å². The van der Waals surface area contributed by atoms with Crippen LogP contribution < -0.4 is 9.80 Å². The van der Waals surface area contributed by atoms with Crippen LogP contribution in [0.3, 0.4) is 0 Å². The maximum atomic E-state index is 2.32. The molecule has 464 valence electrons. The fourth-order valence-corrected chi connectivity index (χ4v) is 11.7. The Morgan fingerprint density at radius 3 is 0.588 bits per heavy atom. The van der Waals surface area contributed by atoms with Crippen molar-refractivity contribution in [2.75, 3.05) is 9.80 Å². The molecule has 97 heavy (non-hydrogen) atoms. The maximum absolute atomic E-state index is 2.32. The van der Waals surface area contributed by atoms with E-state index in [-0.39, 0.29) is 0 Å². The summed E-state index contributed by atoms with van der Waals surface area (Å²) in [6.07, 6.45) is 30.4. The number of aryl methyl sites for hydroxylation is 1. The number of rotatable bonds is 22. The Kier molecular flexibility index (Phi) is 20.7. The lowest BCUT2D eigenvalue weighted by molar-refractivity contribution is 1.27. The normalized spacial score (nSPS) is 11.5. The number of anilines is 6. The fourth-order valence-electron chi connectivity index (χ4n) is 11.7. The molecule has 0 aliphatic carbocycles. The highest BCUT2D eigenvalue weighted by molar-refractivity contribution is 5.85. The third-order valence-electron chi connectivity index (χ3n) is 17.0. The lowest BCUT2D eigenvalue weighted by Crippen LogP contribution is -2.09. The number of nitrogens with zero attached hydrogens (tertiary/aromatic N) is 2. The van der Waals surface area contributed by atoms with Crippen LogP contribution in [-0.4, -0.2) is 0 Å². The number of benzene rings is 13. The molecule has 0 aliphatic rings. The average Bonchev–Trinajstić information content (AvgIpc) is 0.859. The topological polar surface area (TPSA) is 6.48 Å². The molecule has 0 fully saturated rings. The van der Waals surface area contributed by atoms with E-state index in [1.54, 1.807) is 0 Å². The van der Waals surface area contributed by atoms with Gasteiger partial charge in [-0.05, 0) is 169 Å². The molecule has 0 heterocycles. The lowest BCUT2D eigenvalue weighted by Gasteiger charge is -2.26. The number of allylic oxidation sites excluding steroid dienone is 4. The Hall–Kier alpha value is -12.6. The summed E-state index contributed by atoms with van der Waals surface area (Å²) < 4.78 is 0. The lowest BCUT2D eigenvalue weighted by atomic mass is 9.97. The first-order valence-corrected chi connectivity index (χ1v) is 33.1. The van der Waals surface area contributed by atoms with Crippen LogP contribution in [0.4, 0.5) is 34.1 Å². The fraction of sp³-hybridized carbons (Fsp3) is 0.0105. The molecule has 2 heteroatoms. The molecule has 0 saturated carbocycles. The molecule has 0 saturated heterocycles. The van der Waals surface area contributed by atoms with Crippen molar-refractivity contribution in [2.45, 2.75) is 6.92 Å². The SMILES string of the molecule is Cc1ccc(N(c2ccc(C=Cc3ccc(C=CC=C(c4ccccc4)c4ccccc4)cc3)cc2)c2ccc(C=Cc3ccc(C=Cc4ccc(N(c5ccccc5)c5ccc(C=Cc6ccc(C=CC=C(c7ccccc7)c7ccccc7)cc6)cc5)cc4)cc3)cc2)cc1. The smallest absolute Gasteiger partial charge is 0.0462 e. The molecule has 0 aromatic heterocycles. The first-order valence-electron chi connectivity index (χ1n) is 33.1. The molecule has 0 unspecified atom stereocenters. The van der Waals surface area contributed by atoms with Crippen molar-refractivity contribution < 1.29 is 0 Å². The van der Waals surface area contributed by atoms with Crippen molar-refractivity contribution in [3.63, 3.8) is 0 Å². The Morgan fingerprint density at radius 2 is 0.361 bits per heavy atom. The highest BCUT2D eigenvalue weighted by atomic mass is 15.1. The summed E-state index contributed by atoms with van der Waals surface area (Å²) in [5.74, 6) is 0. The van der Waals surface area contributed by atoms with Gasteiger partial charge >= 0.3 is 0 Å². The number of hydrogen-bond donors (Lipinski definition) is 0. The summed E-state index contributed by atoms with van der Waals surface area (Å²) in [5.41, 5.74) is 26.4. The summed E-state index contributed by atoms with van der Waals surface area (Å²) in [5, 5.41) is 0. The summed E-state index contributed by atoms with van der Waals surface area (Å²) in [7, 11) is 0. The molecule has 13 aromatic carbocycles. The molecule has 13 aromatic rings. The second-order valence-corrected chi connectivity index (χ2v) is 23.9. The van der Waals surface area contributed by atoms with Crippen LogP contribution >= 0.6 is 0 Å². The van der Waals surface area contributed by atoms with Crippen LogP contribution in [0.25, 0.3) is 71.9 Å². The third-order valence-corrected chi connectivity index (χ3v) is 17.0. The van der Waals surface area contributed by atoms with Crippen molar-refractivity contribution >= 4 is 106 Å². The Labute approximate surface area is 572 Å². The van der Waals surface area contributed by atoms with Gasteiger partial charge in [0.15, 0.2) is 0 Å². The molecule has 0 aliphatic heterocycles. The van der Waals surface area contributed by atoms with E-state index in [1.807, 2.05) is 0 Å². The van der Waals surface area contributed by atoms with E-state index < -0.39 is 0 Å². The summed E-state index contributed by atoms with van der Waals surface area (Å²) in [4.78, 5) is 4.62. The monoisotopic (exact) mass is 1240 g/mol. The molecule has 2 nitrogen and oxygen atoms in total. The van der Waals surface area contributed by atoms with Crippen molar-refractivity contribution in [1.29, 1.82) is 0 Å². The first kappa shape index (κ1) is 63.2. The molecule has 0 atom stereocenters. The summed E-state index contributed by atoms with van der Waals surface area (Å²) in [6, 6.07) is 123. The van der Waals surface area contributed by atoms with Crippen molar-refractivity contribution in [1.82, 2.24) is 0 Å². The standard InChI is InChI=1S/C95H74N2/c1-73-33-63-89(64-34-73)97(92-69-59-82(60-70-92)52-48-77-41-37-75(38-42-77)20-18-32-95(86-25-11-4-12-26-86)87-27-13-5-14-28-87)93-71-61-83(62-72-93)54-50-79-45-43-78(44-46-79)49-53-81-57-67-91(68-58-81)96(88-29-15-6-16-30-88)90-65-55-80(56-66-90)51-47-76-39-35-74(36-40-76)19-17-31-94(84-21-7-2-8-22-84)85-23-9-3-10-24-85/h2-72H,1H3. The van der Waals surface area contributed by atoms with Crippen LogP contribution in [0, 0.1) is 6.92 Å². The van der Waals surface area contributed by atoms with Crippen LogP contribution in [-0.2, 0) is 0 Å². The van der Waals surface area contributed by atoms with Gasteiger partial charge in [0.25, 0.3) is 0 Å². The first-order chi connectivity index (χ1) is 48.0. The number of para-hydroxylation sites is 1. The predicted octanol–water partition coefficient (Wildman–Crippen LogP) is 25.9. The molecule has 0 N–H and O–H groups in total. The van der Waals surface area contributed by atoms with Crippen LogP contribution in [0.2, 0.25) is 0 Å². The van der Waals surface area contributed by atoms with Crippen LogP contribution in [0.1, 0.15) is 83.5 Å². The highest BCUT2D eigenvalue weighted by Crippen LogP contribution is 2.37. The Balaban J connectivity index is 0.615. The van der Waals surface area contributed by atoms with Gasteiger partial charge in [0.2, 0.25) is 0 Å². The van der Waals surface area contributed by atoms with Crippen molar-refractivity contribution in [3.8, 4) is 0 Å². The molecular formula is C95H74N2. The minimum Gasteiger partial charge on any atom is -0.311 e. The zero-order valence-corrected chi connectivity index (χ0v) is 54.4. The van der Waals surface area contributed by atoms with Crippen molar-refractivity contribution in [2.24, 2.45) is 0 Å². The van der Waals surface area contributed by atoms with Gasteiger partial charge in [-0.15, -0.1) is 0 Å². The van der Waals surface area contributed by atoms with Crippen molar-refractivity contribution in [3.05, 3.63) is 454 Å². The van der Waals surface area contributed by atoms with Gasteiger partial charge in [0, 0.05) is 34.1 Å². The van der Waals surface area contributed by atoms with Gasteiger partial charge in [-0.25, -0.2) is 0 Å². The molecular weight excluding hydrogens is 1170 g/mol. The minimum atomic E-state index is 1.09. The molecule has 0 amide bonds. The highest BCUT2D eigenvalue weighted by Gasteiger charge is 2.15. The second kappa shape index (κ2) is 31.8. The predicted molar refractivity (Wildman–Crippen MR) is 420 cm³/mol. The zero-order chi connectivity index (χ0) is 65.6. The molecule has 13 rings (SSSR count). The molecule has 0 bridgehead atoms. The average molecular weight is 1240 g/mol. The maximum Gasteiger partial charge on any atom is 0.0462 e. The van der Waals surface area contributed by atoms with Gasteiger partial charge in [0.05, 0.1) is 0 Å². The van der Waals surface area contributed by atoms with E-state index in [0.29, 0.717) is 0 Å². The second-order valence-electron chi connectivity index (χ2n) is 23.9. The van der Waals surface area contributed by atoms with E-state index in [4.69, 9.17) is 0 Å². The summed E-state index contributed by atoms with van der Waals surface area (Å²) >= 11 is 0. The van der Waals surface area contributed by atoms with Crippen LogP contribution in [0.5, 0.6) is 0 Å². The van der Waals surface area contributed by atoms with Gasteiger partial charge < -0.3 is 9.80 Å². The summed E-state index contributed by atoms with van der Waals surface area (Å²) in [6.45, 7) is 2.13. The molecule has 0 radical (unpaired) electrons. The van der Waals surface area contributed by atoms with E-state index >= 15 is 0 Å². The Morgan fingerprint density at radius 1 is 0.186 bits per heavy atom. The van der Waals surface area contributed by atoms with Gasteiger partial charge in [0.1, 0.15) is 0 Å². The molecule has 0 spiro atoms.